The van der Waals surface area contributed by atoms with Gasteiger partial charge in [-0.25, -0.2) is 4.79 Å². The fraction of sp³-hybridized carbons (Fsp3) is 0.429. The smallest absolute Gasteiger partial charge is 0.416 e. The van der Waals surface area contributed by atoms with E-state index in [0.29, 0.717) is 6.42 Å². The summed E-state index contributed by atoms with van der Waals surface area (Å²) >= 11 is 0. The van der Waals surface area contributed by atoms with Crippen LogP contribution in [0.1, 0.15) is 25.8 Å². The van der Waals surface area contributed by atoms with Crippen LogP contribution in [-0.2, 0) is 15.7 Å². The highest BCUT2D eigenvalue weighted by molar-refractivity contribution is 5.90. The van der Waals surface area contributed by atoms with Gasteiger partial charge in [-0.15, -0.1) is 0 Å². The monoisotopic (exact) mass is 319 g/mol. The number of nitrogens with one attached hydrogen (secondary N) is 1. The largest absolute Gasteiger partial charge is 0.490 e. The molecule has 0 saturated carbocycles. The molecule has 0 aliphatic rings. The third kappa shape index (κ3) is 6.02. The quantitative estimate of drug-likeness (QED) is 0.905. The third-order valence-electron chi connectivity index (χ3n) is 2.60. The topological polar surface area (TPSA) is 64.6 Å². The van der Waals surface area contributed by atoms with Crippen molar-refractivity contribution in [3.8, 4) is 5.75 Å². The van der Waals surface area contributed by atoms with Crippen LogP contribution in [0.4, 0.5) is 18.0 Å². The van der Waals surface area contributed by atoms with E-state index in [-0.39, 0.29) is 12.4 Å². The third-order valence-corrected chi connectivity index (χ3v) is 2.60. The van der Waals surface area contributed by atoms with E-state index < -0.39 is 29.8 Å². The van der Waals surface area contributed by atoms with Crippen molar-refractivity contribution in [1.29, 1.82) is 0 Å². The first kappa shape index (κ1) is 17.8. The minimum Gasteiger partial charge on any atom is -0.490 e. The Morgan fingerprint density at radius 3 is 2.55 bits per heavy atom. The summed E-state index contributed by atoms with van der Waals surface area (Å²) in [5.41, 5.74) is -0.826. The van der Waals surface area contributed by atoms with Crippen molar-refractivity contribution < 1.29 is 32.2 Å². The molecule has 0 radical (unpaired) electrons. The molecule has 0 heterocycles. The second kappa shape index (κ2) is 7.67. The van der Waals surface area contributed by atoms with E-state index >= 15 is 0 Å². The van der Waals surface area contributed by atoms with Crippen molar-refractivity contribution in [1.82, 2.24) is 5.32 Å². The maximum Gasteiger partial charge on any atom is 0.416 e. The molecule has 0 aliphatic heterocycles. The number of hydrogen-bond acceptors (Lipinski definition) is 4. The number of alkyl carbamates (subject to hydrolysis) is 1. The Labute approximate surface area is 125 Å². The zero-order chi connectivity index (χ0) is 16.8. The summed E-state index contributed by atoms with van der Waals surface area (Å²) in [6, 6.07) is 4.39. The molecule has 1 aromatic rings. The van der Waals surface area contributed by atoms with Crippen molar-refractivity contribution in [3.05, 3.63) is 29.8 Å². The zero-order valence-electron chi connectivity index (χ0n) is 12.1. The summed E-state index contributed by atoms with van der Waals surface area (Å²) in [7, 11) is 0. The average molecular weight is 319 g/mol. The van der Waals surface area contributed by atoms with Gasteiger partial charge in [-0.1, -0.05) is 13.0 Å². The molecule has 0 bridgehead atoms. The first-order valence-electron chi connectivity index (χ1n) is 6.50. The lowest BCUT2D eigenvalue weighted by molar-refractivity contribution is -0.137. The van der Waals surface area contributed by atoms with E-state index in [9.17, 15) is 22.8 Å². The van der Waals surface area contributed by atoms with Gasteiger partial charge >= 0.3 is 12.3 Å². The van der Waals surface area contributed by atoms with E-state index in [0.717, 1.165) is 19.1 Å². The van der Waals surface area contributed by atoms with Gasteiger partial charge in [0.2, 0.25) is 5.91 Å². The van der Waals surface area contributed by atoms with Gasteiger partial charge in [0, 0.05) is 6.92 Å². The fourth-order valence-electron chi connectivity index (χ4n) is 1.51. The molecule has 0 aromatic heterocycles. The Morgan fingerprint density at radius 1 is 1.32 bits per heavy atom. The molecule has 0 fully saturated rings. The van der Waals surface area contributed by atoms with Gasteiger partial charge in [0.1, 0.15) is 18.5 Å². The Morgan fingerprint density at radius 2 is 2.00 bits per heavy atom. The fourth-order valence-corrected chi connectivity index (χ4v) is 1.51. The maximum absolute atomic E-state index is 12.6. The molecule has 22 heavy (non-hydrogen) atoms. The van der Waals surface area contributed by atoms with E-state index in [4.69, 9.17) is 9.47 Å². The summed E-state index contributed by atoms with van der Waals surface area (Å²) in [5, 5.41) is 1.93. The molecule has 5 nitrogen and oxygen atoms in total. The van der Waals surface area contributed by atoms with Crippen LogP contribution in [0, 0.1) is 0 Å². The van der Waals surface area contributed by atoms with Gasteiger partial charge in [0.15, 0.2) is 0 Å². The second-order valence-electron chi connectivity index (χ2n) is 4.45. The van der Waals surface area contributed by atoms with E-state index in [1.54, 1.807) is 6.92 Å². The maximum atomic E-state index is 12.6. The normalized spacial score (nSPS) is 12.4. The van der Waals surface area contributed by atoms with Gasteiger partial charge in [-0.3, -0.25) is 10.1 Å². The molecule has 0 spiro atoms. The summed E-state index contributed by atoms with van der Waals surface area (Å²) in [5.74, 6) is -0.553. The molecule has 1 rings (SSSR count). The standard InChI is InChI=1S/C14H16F3NO4/c1-3-11(22-13(20)18-9(2)19)8-21-12-6-4-5-10(7-12)14(15,16)17/h4-7,11H,3,8H2,1-2H3,(H,18,19,20). The van der Waals surface area contributed by atoms with E-state index in [2.05, 4.69) is 0 Å². The van der Waals surface area contributed by atoms with Crippen LogP contribution >= 0.6 is 0 Å². The lowest BCUT2D eigenvalue weighted by Gasteiger charge is -2.17. The molecular formula is C14H16F3NO4. The molecule has 1 unspecified atom stereocenters. The van der Waals surface area contributed by atoms with Crippen LogP contribution in [0.2, 0.25) is 0 Å². The number of rotatable bonds is 5. The van der Waals surface area contributed by atoms with Crippen LogP contribution in [0.5, 0.6) is 5.75 Å². The Kier molecular flexibility index (Phi) is 6.21. The lowest BCUT2D eigenvalue weighted by atomic mass is 10.2. The SMILES string of the molecule is CCC(COc1cccc(C(F)(F)F)c1)OC(=O)NC(C)=O. The highest BCUT2D eigenvalue weighted by Gasteiger charge is 2.30. The highest BCUT2D eigenvalue weighted by Crippen LogP contribution is 2.31. The van der Waals surface area contributed by atoms with Gasteiger partial charge in [-0.05, 0) is 24.6 Å². The van der Waals surface area contributed by atoms with Crippen LogP contribution in [0.25, 0.3) is 0 Å². The first-order chi connectivity index (χ1) is 10.2. The summed E-state index contributed by atoms with van der Waals surface area (Å²) in [6.07, 6.45) is -5.69. The summed E-state index contributed by atoms with van der Waals surface area (Å²) < 4.78 is 47.8. The van der Waals surface area contributed by atoms with Gasteiger partial charge < -0.3 is 9.47 Å². The molecule has 1 N–H and O–H groups in total. The molecule has 0 saturated heterocycles. The molecule has 1 aromatic carbocycles. The number of carbonyl (C=O) groups excluding carboxylic acids is 2. The number of benzene rings is 1. The van der Waals surface area contributed by atoms with Gasteiger partial charge in [0.05, 0.1) is 5.56 Å². The van der Waals surface area contributed by atoms with E-state index in [1.807, 2.05) is 5.32 Å². The van der Waals surface area contributed by atoms with Crippen LogP contribution in [0.3, 0.4) is 0 Å². The Balaban J connectivity index is 2.60. The van der Waals surface area contributed by atoms with Crippen LogP contribution in [0.15, 0.2) is 24.3 Å². The van der Waals surface area contributed by atoms with E-state index in [1.165, 1.54) is 12.1 Å². The number of imide groups is 1. The number of ether oxygens (including phenoxy) is 2. The molecule has 8 heteroatoms. The van der Waals surface area contributed by atoms with Gasteiger partial charge in [-0.2, -0.15) is 13.2 Å². The summed E-state index contributed by atoms with van der Waals surface area (Å²) in [6.45, 7) is 2.74. The van der Waals surface area contributed by atoms with Crippen LogP contribution in [-0.4, -0.2) is 24.7 Å². The molecule has 1 atom stereocenters. The van der Waals surface area contributed by atoms with Crippen molar-refractivity contribution in [2.45, 2.75) is 32.5 Å². The van der Waals surface area contributed by atoms with Crippen molar-refractivity contribution >= 4 is 12.0 Å². The Bertz CT molecular complexity index is 531. The van der Waals surface area contributed by atoms with Crippen molar-refractivity contribution in [2.24, 2.45) is 0 Å². The van der Waals surface area contributed by atoms with Crippen molar-refractivity contribution in [3.63, 3.8) is 0 Å². The second-order valence-corrected chi connectivity index (χ2v) is 4.45. The zero-order valence-corrected chi connectivity index (χ0v) is 12.1. The van der Waals surface area contributed by atoms with Crippen LogP contribution < -0.4 is 10.1 Å². The molecule has 122 valence electrons. The molecule has 2 amide bonds. The minimum absolute atomic E-state index is 0.0175. The predicted octanol–water partition coefficient (Wildman–Crippen LogP) is 3.14. The number of halogens is 3. The van der Waals surface area contributed by atoms with Crippen molar-refractivity contribution in [2.75, 3.05) is 6.61 Å². The molecule has 0 aliphatic carbocycles. The summed E-state index contributed by atoms with van der Waals surface area (Å²) in [4.78, 5) is 21.9. The highest BCUT2D eigenvalue weighted by atomic mass is 19.4. The Hall–Kier alpha value is -2.25. The first-order valence-corrected chi connectivity index (χ1v) is 6.50. The average Bonchev–Trinajstić information content (AvgIpc) is 2.42. The number of alkyl halides is 3. The number of carbonyl (C=O) groups is 2. The minimum atomic E-state index is -4.46. The van der Waals surface area contributed by atoms with Gasteiger partial charge in [0.25, 0.3) is 0 Å². The predicted molar refractivity (Wildman–Crippen MR) is 71.3 cm³/mol. The number of amides is 2. The number of hydrogen-bond donors (Lipinski definition) is 1. The lowest BCUT2D eigenvalue weighted by Crippen LogP contribution is -2.34. The molecular weight excluding hydrogens is 303 g/mol.